The highest BCUT2D eigenvalue weighted by Gasteiger charge is 2.02. The molecular weight excluding hydrogens is 424 g/mol. The molecule has 0 saturated heterocycles. The van der Waals surface area contributed by atoms with Crippen LogP contribution in [0.25, 0.3) is 0 Å². The van der Waals surface area contributed by atoms with Crippen LogP contribution >= 0.6 is 0 Å². The van der Waals surface area contributed by atoms with Gasteiger partial charge in [0.2, 0.25) is 0 Å². The predicted molar refractivity (Wildman–Crippen MR) is 132 cm³/mol. The van der Waals surface area contributed by atoms with Crippen molar-refractivity contribution in [3.05, 3.63) is 0 Å². The molecule has 0 aromatic carbocycles. The molecule has 0 amide bonds. The summed E-state index contributed by atoms with van der Waals surface area (Å²) in [6.07, 6.45) is 13.8. The molecule has 0 aliphatic carbocycles. The van der Waals surface area contributed by atoms with E-state index in [9.17, 15) is 4.79 Å². The van der Waals surface area contributed by atoms with E-state index in [1.807, 2.05) is 0 Å². The molecule has 0 aromatic heterocycles. The molecule has 33 heavy (non-hydrogen) atoms. The number of hydrogen-bond acceptors (Lipinski definition) is 7. The van der Waals surface area contributed by atoms with Crippen molar-refractivity contribution in [2.45, 2.75) is 90.9 Å². The summed E-state index contributed by atoms with van der Waals surface area (Å²) in [6, 6.07) is 0. The predicted octanol–water partition coefficient (Wildman–Crippen LogP) is 5.33. The second kappa shape index (κ2) is 29.3. The maximum atomic E-state index is 11.6. The van der Waals surface area contributed by atoms with Crippen molar-refractivity contribution in [2.75, 3.05) is 72.7 Å². The smallest absolute Gasteiger partial charge is 0.305 e. The first-order valence-electron chi connectivity index (χ1n) is 13.4. The van der Waals surface area contributed by atoms with E-state index in [2.05, 4.69) is 13.8 Å². The average molecular weight is 477 g/mol. The molecule has 0 saturated carbocycles. The van der Waals surface area contributed by atoms with Crippen molar-refractivity contribution in [1.82, 2.24) is 0 Å². The van der Waals surface area contributed by atoms with Crippen LogP contribution in [0.15, 0.2) is 0 Å². The van der Waals surface area contributed by atoms with Crippen LogP contribution in [-0.2, 0) is 33.2 Å². The Labute approximate surface area is 203 Å². The van der Waals surface area contributed by atoms with Crippen molar-refractivity contribution in [2.24, 2.45) is 0 Å². The first kappa shape index (κ1) is 32.3. The summed E-state index contributed by atoms with van der Waals surface area (Å²) >= 11 is 0. The van der Waals surface area contributed by atoms with Crippen LogP contribution in [0.3, 0.4) is 0 Å². The second-order valence-corrected chi connectivity index (χ2v) is 8.21. The normalized spacial score (nSPS) is 11.2. The number of esters is 1. The molecular formula is C26H52O7. The molecule has 0 bridgehead atoms. The number of rotatable bonds is 28. The van der Waals surface area contributed by atoms with E-state index < -0.39 is 0 Å². The monoisotopic (exact) mass is 476 g/mol. The van der Waals surface area contributed by atoms with E-state index in [1.54, 1.807) is 0 Å². The van der Waals surface area contributed by atoms with Gasteiger partial charge in [0.25, 0.3) is 0 Å². The van der Waals surface area contributed by atoms with Gasteiger partial charge in [0.15, 0.2) is 0 Å². The van der Waals surface area contributed by atoms with Gasteiger partial charge in [-0.25, -0.2) is 0 Å². The Morgan fingerprint density at radius 3 is 1.27 bits per heavy atom. The van der Waals surface area contributed by atoms with Gasteiger partial charge in [0, 0.05) is 13.0 Å². The molecule has 0 aromatic rings. The second-order valence-electron chi connectivity index (χ2n) is 8.21. The fraction of sp³-hybridized carbons (Fsp3) is 0.962. The van der Waals surface area contributed by atoms with Crippen molar-refractivity contribution in [1.29, 1.82) is 0 Å². The van der Waals surface area contributed by atoms with Crippen LogP contribution in [0.1, 0.15) is 90.9 Å². The molecule has 0 spiro atoms. The minimum atomic E-state index is -0.125. The number of ether oxygens (including phenoxy) is 6. The van der Waals surface area contributed by atoms with Gasteiger partial charge in [0.1, 0.15) is 6.61 Å². The van der Waals surface area contributed by atoms with Gasteiger partial charge in [-0.3, -0.25) is 4.79 Å². The maximum Gasteiger partial charge on any atom is 0.305 e. The quantitative estimate of drug-likeness (QED) is 0.112. The Morgan fingerprint density at radius 2 is 0.788 bits per heavy atom. The molecule has 0 aliphatic rings. The average Bonchev–Trinajstić information content (AvgIpc) is 2.82. The van der Waals surface area contributed by atoms with Crippen LogP contribution in [0.4, 0.5) is 0 Å². The third-order valence-electron chi connectivity index (χ3n) is 5.11. The van der Waals surface area contributed by atoms with Gasteiger partial charge in [0.05, 0.1) is 59.5 Å². The topological polar surface area (TPSA) is 72.5 Å². The molecule has 0 N–H and O–H groups in total. The first-order chi connectivity index (χ1) is 16.3. The molecule has 198 valence electrons. The van der Waals surface area contributed by atoms with Crippen LogP contribution in [0, 0.1) is 0 Å². The van der Waals surface area contributed by atoms with Crippen LogP contribution < -0.4 is 0 Å². The van der Waals surface area contributed by atoms with Crippen molar-refractivity contribution >= 4 is 5.97 Å². The van der Waals surface area contributed by atoms with Gasteiger partial charge in [-0.15, -0.1) is 0 Å². The molecule has 0 radical (unpaired) electrons. The Bertz CT molecular complexity index is 380. The molecule has 7 heteroatoms. The van der Waals surface area contributed by atoms with Gasteiger partial charge < -0.3 is 28.4 Å². The molecule has 0 heterocycles. The molecule has 0 rings (SSSR count). The Balaban J connectivity index is 3.10. The standard InChI is InChI=1S/C26H52O7/c1-3-5-7-9-10-11-12-14-26(27)33-25-24-32-23-22-31-21-20-30-19-18-29-17-16-28-15-13-8-6-4-2/h3-25H2,1-2H3. The number of unbranched alkanes of at least 4 members (excludes halogenated alkanes) is 9. The number of carbonyl (C=O) groups is 1. The molecule has 0 fully saturated rings. The van der Waals surface area contributed by atoms with Gasteiger partial charge in [-0.2, -0.15) is 0 Å². The SMILES string of the molecule is CCCCCCCCCC(=O)OCCOCCOCCOCCOCCOCCCCCC. The van der Waals surface area contributed by atoms with E-state index in [-0.39, 0.29) is 5.97 Å². The zero-order valence-electron chi connectivity index (χ0n) is 21.6. The minimum Gasteiger partial charge on any atom is -0.463 e. The van der Waals surface area contributed by atoms with Crippen molar-refractivity contribution in [3.63, 3.8) is 0 Å². The van der Waals surface area contributed by atoms with Crippen LogP contribution in [0.5, 0.6) is 0 Å². The molecule has 0 atom stereocenters. The summed E-state index contributed by atoms with van der Waals surface area (Å²) in [4.78, 5) is 11.6. The Kier molecular flexibility index (Phi) is 28.7. The molecule has 0 unspecified atom stereocenters. The summed E-state index contributed by atoms with van der Waals surface area (Å²) in [7, 11) is 0. The zero-order chi connectivity index (χ0) is 24.1. The largest absolute Gasteiger partial charge is 0.463 e. The van der Waals surface area contributed by atoms with Crippen molar-refractivity contribution < 1.29 is 33.2 Å². The fourth-order valence-corrected chi connectivity index (χ4v) is 3.13. The summed E-state index contributed by atoms with van der Waals surface area (Å²) < 4.78 is 32.5. The number of hydrogen-bond donors (Lipinski definition) is 0. The Hall–Kier alpha value is -0.730. The lowest BCUT2D eigenvalue weighted by Crippen LogP contribution is -2.15. The third kappa shape index (κ3) is 29.2. The van der Waals surface area contributed by atoms with Crippen molar-refractivity contribution in [3.8, 4) is 0 Å². The van der Waals surface area contributed by atoms with Crippen LogP contribution in [0.2, 0.25) is 0 Å². The zero-order valence-corrected chi connectivity index (χ0v) is 21.6. The van der Waals surface area contributed by atoms with Gasteiger partial charge in [-0.05, 0) is 12.8 Å². The minimum absolute atomic E-state index is 0.125. The highest BCUT2D eigenvalue weighted by molar-refractivity contribution is 5.69. The van der Waals surface area contributed by atoms with E-state index in [0.29, 0.717) is 72.5 Å². The van der Waals surface area contributed by atoms with E-state index >= 15 is 0 Å². The Morgan fingerprint density at radius 1 is 0.424 bits per heavy atom. The lowest BCUT2D eigenvalue weighted by molar-refractivity contribution is -0.145. The number of carbonyl (C=O) groups excluding carboxylic acids is 1. The van der Waals surface area contributed by atoms with E-state index in [1.165, 1.54) is 51.4 Å². The van der Waals surface area contributed by atoms with E-state index in [4.69, 9.17) is 28.4 Å². The lowest BCUT2D eigenvalue weighted by Gasteiger charge is -2.08. The van der Waals surface area contributed by atoms with E-state index in [0.717, 1.165) is 25.9 Å². The maximum absolute atomic E-state index is 11.6. The van der Waals surface area contributed by atoms with Gasteiger partial charge in [-0.1, -0.05) is 71.6 Å². The summed E-state index contributed by atoms with van der Waals surface area (Å²) in [6.45, 7) is 10.4. The first-order valence-corrected chi connectivity index (χ1v) is 13.4. The summed E-state index contributed by atoms with van der Waals surface area (Å²) in [5.41, 5.74) is 0. The van der Waals surface area contributed by atoms with Crippen LogP contribution in [-0.4, -0.2) is 78.6 Å². The molecule has 0 aliphatic heterocycles. The highest BCUT2D eigenvalue weighted by atomic mass is 16.6. The summed E-state index contributed by atoms with van der Waals surface area (Å²) in [5.74, 6) is -0.125. The highest BCUT2D eigenvalue weighted by Crippen LogP contribution is 2.08. The third-order valence-corrected chi connectivity index (χ3v) is 5.11. The summed E-state index contributed by atoms with van der Waals surface area (Å²) in [5, 5.41) is 0. The van der Waals surface area contributed by atoms with Gasteiger partial charge >= 0.3 is 5.97 Å². The lowest BCUT2D eigenvalue weighted by atomic mass is 10.1. The fourth-order valence-electron chi connectivity index (χ4n) is 3.13. The molecule has 7 nitrogen and oxygen atoms in total.